The van der Waals surface area contributed by atoms with E-state index in [9.17, 15) is 0 Å². The zero-order valence-corrected chi connectivity index (χ0v) is 12.1. The van der Waals surface area contributed by atoms with Crippen molar-refractivity contribution < 1.29 is 0 Å². The molecule has 1 heterocycles. The van der Waals surface area contributed by atoms with Crippen LogP contribution in [0.3, 0.4) is 0 Å². The van der Waals surface area contributed by atoms with Gasteiger partial charge in [0.1, 0.15) is 5.82 Å². The lowest BCUT2D eigenvalue weighted by atomic mass is 10.0. The molecule has 0 amide bonds. The minimum absolute atomic E-state index is 0.00657. The minimum atomic E-state index is -0.00657. The average molecular weight is 299 g/mol. The Morgan fingerprint density at radius 3 is 2.53 bits per heavy atom. The molecule has 3 N–H and O–H groups in total. The number of hydrazine groups is 1. The Hall–Kier alpha value is -1.07. The zero-order valence-electron chi connectivity index (χ0n) is 10.6. The molecule has 1 atom stereocenters. The third kappa shape index (κ3) is 3.70. The van der Waals surface area contributed by atoms with Gasteiger partial charge in [-0.2, -0.15) is 0 Å². The summed E-state index contributed by atoms with van der Waals surface area (Å²) < 4.78 is 2.00. The molecule has 0 bridgehead atoms. The second kappa shape index (κ2) is 6.39. The number of rotatable bonds is 5. The number of imidazole rings is 1. The highest BCUT2D eigenvalue weighted by atomic mass is 35.5. The van der Waals surface area contributed by atoms with E-state index in [-0.39, 0.29) is 6.04 Å². The van der Waals surface area contributed by atoms with Crippen molar-refractivity contribution in [3.63, 3.8) is 0 Å². The van der Waals surface area contributed by atoms with E-state index in [0.29, 0.717) is 10.0 Å². The van der Waals surface area contributed by atoms with Crippen molar-refractivity contribution in [1.29, 1.82) is 0 Å². The van der Waals surface area contributed by atoms with Gasteiger partial charge in [-0.3, -0.25) is 11.3 Å². The van der Waals surface area contributed by atoms with Crippen molar-refractivity contribution in [3.8, 4) is 0 Å². The smallest absolute Gasteiger partial charge is 0.108 e. The number of nitrogens with two attached hydrogens (primary N) is 1. The standard InChI is InChI=1S/C13H16Cl2N4/c1-19-5-4-17-13(19)3-2-12(18-16)9-6-10(14)8-11(15)7-9/h4-8,12,18H,2-3,16H2,1H3. The highest BCUT2D eigenvalue weighted by Gasteiger charge is 2.12. The van der Waals surface area contributed by atoms with Crippen LogP contribution >= 0.6 is 23.2 Å². The van der Waals surface area contributed by atoms with Crippen LogP contribution < -0.4 is 11.3 Å². The molecule has 102 valence electrons. The first-order chi connectivity index (χ1) is 9.10. The Bertz CT molecular complexity index is 533. The SMILES string of the molecule is Cn1ccnc1CCC(NN)c1cc(Cl)cc(Cl)c1. The van der Waals surface area contributed by atoms with Gasteiger partial charge in [0.05, 0.1) is 0 Å². The Labute approximate surface area is 122 Å². The van der Waals surface area contributed by atoms with Gasteiger partial charge in [0, 0.05) is 41.9 Å². The first-order valence-corrected chi connectivity index (χ1v) is 6.74. The normalized spacial score (nSPS) is 12.6. The van der Waals surface area contributed by atoms with E-state index in [1.807, 2.05) is 29.9 Å². The third-order valence-electron chi connectivity index (χ3n) is 3.07. The Morgan fingerprint density at radius 2 is 2.00 bits per heavy atom. The number of halogens is 2. The molecule has 1 unspecified atom stereocenters. The molecular weight excluding hydrogens is 283 g/mol. The minimum Gasteiger partial charge on any atom is -0.338 e. The van der Waals surface area contributed by atoms with Crippen molar-refractivity contribution in [2.45, 2.75) is 18.9 Å². The lowest BCUT2D eigenvalue weighted by Crippen LogP contribution is -2.28. The molecule has 0 aliphatic heterocycles. The highest BCUT2D eigenvalue weighted by Crippen LogP contribution is 2.25. The van der Waals surface area contributed by atoms with Crippen LogP contribution in [0.1, 0.15) is 23.9 Å². The van der Waals surface area contributed by atoms with Gasteiger partial charge < -0.3 is 4.57 Å². The molecule has 6 heteroatoms. The van der Waals surface area contributed by atoms with Crippen LogP contribution in [0.2, 0.25) is 10.0 Å². The molecule has 0 saturated heterocycles. The second-order valence-electron chi connectivity index (χ2n) is 4.42. The summed E-state index contributed by atoms with van der Waals surface area (Å²) in [5, 5.41) is 1.22. The summed E-state index contributed by atoms with van der Waals surface area (Å²) in [4.78, 5) is 4.29. The number of benzene rings is 1. The number of hydrogen-bond acceptors (Lipinski definition) is 3. The van der Waals surface area contributed by atoms with E-state index in [2.05, 4.69) is 10.4 Å². The summed E-state index contributed by atoms with van der Waals surface area (Å²) in [5.74, 6) is 6.64. The second-order valence-corrected chi connectivity index (χ2v) is 5.29. The van der Waals surface area contributed by atoms with Gasteiger partial charge in [-0.05, 0) is 30.2 Å². The van der Waals surface area contributed by atoms with E-state index in [0.717, 1.165) is 24.2 Å². The molecule has 4 nitrogen and oxygen atoms in total. The van der Waals surface area contributed by atoms with Crippen LogP contribution in [0.4, 0.5) is 0 Å². The van der Waals surface area contributed by atoms with E-state index >= 15 is 0 Å². The lowest BCUT2D eigenvalue weighted by molar-refractivity contribution is 0.506. The molecule has 0 radical (unpaired) electrons. The molecule has 2 aromatic rings. The summed E-state index contributed by atoms with van der Waals surface area (Å²) in [6, 6.07) is 5.44. The van der Waals surface area contributed by atoms with Crippen molar-refractivity contribution >= 4 is 23.2 Å². The van der Waals surface area contributed by atoms with Crippen LogP contribution in [-0.2, 0) is 13.5 Å². The van der Waals surface area contributed by atoms with Crippen LogP contribution in [-0.4, -0.2) is 9.55 Å². The third-order valence-corrected chi connectivity index (χ3v) is 3.50. The summed E-state index contributed by atoms with van der Waals surface area (Å²) in [6.45, 7) is 0. The van der Waals surface area contributed by atoms with Gasteiger partial charge in [-0.15, -0.1) is 0 Å². The van der Waals surface area contributed by atoms with Crippen LogP contribution in [0.15, 0.2) is 30.6 Å². The fraction of sp³-hybridized carbons (Fsp3) is 0.308. The van der Waals surface area contributed by atoms with Crippen LogP contribution in [0.5, 0.6) is 0 Å². The molecule has 0 saturated carbocycles. The van der Waals surface area contributed by atoms with Crippen LogP contribution in [0, 0.1) is 0 Å². The molecule has 19 heavy (non-hydrogen) atoms. The Morgan fingerprint density at radius 1 is 1.32 bits per heavy atom. The highest BCUT2D eigenvalue weighted by molar-refractivity contribution is 6.34. The Kier molecular flexibility index (Phi) is 4.82. The first kappa shape index (κ1) is 14.3. The quantitative estimate of drug-likeness (QED) is 0.659. The largest absolute Gasteiger partial charge is 0.338 e. The molecule has 0 spiro atoms. The van der Waals surface area contributed by atoms with Gasteiger partial charge in [0.15, 0.2) is 0 Å². The average Bonchev–Trinajstić information content (AvgIpc) is 2.75. The van der Waals surface area contributed by atoms with E-state index in [4.69, 9.17) is 29.0 Å². The maximum absolute atomic E-state index is 6.01. The predicted molar refractivity (Wildman–Crippen MR) is 78.1 cm³/mol. The molecule has 0 fully saturated rings. The molecule has 2 rings (SSSR count). The monoisotopic (exact) mass is 298 g/mol. The fourth-order valence-corrected chi connectivity index (χ4v) is 2.58. The number of hydrogen-bond donors (Lipinski definition) is 2. The predicted octanol–water partition coefficient (Wildman–Crippen LogP) is 2.86. The molecule has 1 aromatic carbocycles. The number of nitrogens with one attached hydrogen (secondary N) is 1. The van der Waals surface area contributed by atoms with Gasteiger partial charge in [0.2, 0.25) is 0 Å². The summed E-state index contributed by atoms with van der Waals surface area (Å²) in [7, 11) is 1.98. The maximum atomic E-state index is 6.01. The van der Waals surface area contributed by atoms with E-state index in [1.165, 1.54) is 0 Å². The van der Waals surface area contributed by atoms with E-state index in [1.54, 1.807) is 12.3 Å². The number of nitrogens with zero attached hydrogens (tertiary/aromatic N) is 2. The topological polar surface area (TPSA) is 55.9 Å². The van der Waals surface area contributed by atoms with Gasteiger partial charge in [-0.25, -0.2) is 4.98 Å². The maximum Gasteiger partial charge on any atom is 0.108 e. The molecule has 0 aliphatic rings. The fourth-order valence-electron chi connectivity index (χ4n) is 2.03. The summed E-state index contributed by atoms with van der Waals surface area (Å²) in [5.41, 5.74) is 3.78. The van der Waals surface area contributed by atoms with Crippen molar-refractivity contribution in [3.05, 3.63) is 52.0 Å². The van der Waals surface area contributed by atoms with Gasteiger partial charge >= 0.3 is 0 Å². The zero-order chi connectivity index (χ0) is 13.8. The van der Waals surface area contributed by atoms with Crippen LogP contribution in [0.25, 0.3) is 0 Å². The lowest BCUT2D eigenvalue weighted by Gasteiger charge is -2.17. The first-order valence-electron chi connectivity index (χ1n) is 5.98. The number of aryl methyl sites for hydroxylation is 2. The number of aromatic nitrogens is 2. The van der Waals surface area contributed by atoms with Crippen molar-refractivity contribution in [2.75, 3.05) is 0 Å². The Balaban J connectivity index is 2.09. The van der Waals surface area contributed by atoms with Crippen molar-refractivity contribution in [2.24, 2.45) is 12.9 Å². The summed E-state index contributed by atoms with van der Waals surface area (Å²) >= 11 is 12.0. The van der Waals surface area contributed by atoms with Gasteiger partial charge in [-0.1, -0.05) is 23.2 Å². The molecule has 1 aromatic heterocycles. The van der Waals surface area contributed by atoms with Crippen molar-refractivity contribution in [1.82, 2.24) is 15.0 Å². The van der Waals surface area contributed by atoms with E-state index < -0.39 is 0 Å². The summed E-state index contributed by atoms with van der Waals surface area (Å²) in [6.07, 6.45) is 5.35. The van der Waals surface area contributed by atoms with Gasteiger partial charge in [0.25, 0.3) is 0 Å². The molecular formula is C13H16Cl2N4. The molecule has 0 aliphatic carbocycles.